The van der Waals surface area contributed by atoms with E-state index < -0.39 is 12.1 Å². The number of amides is 1. The van der Waals surface area contributed by atoms with Crippen molar-refractivity contribution in [1.82, 2.24) is 0 Å². The summed E-state index contributed by atoms with van der Waals surface area (Å²) in [5, 5.41) is 3.33. The number of carbonyl (C=O) groups excluding carboxylic acids is 2. The van der Waals surface area contributed by atoms with Crippen molar-refractivity contribution in [3.8, 4) is 0 Å². The molecule has 0 aromatic heterocycles. The maximum absolute atomic E-state index is 12.1. The van der Waals surface area contributed by atoms with Gasteiger partial charge in [0.15, 0.2) is 6.10 Å². The van der Waals surface area contributed by atoms with E-state index in [0.717, 1.165) is 11.1 Å². The summed E-state index contributed by atoms with van der Waals surface area (Å²) in [6.45, 7) is 3.48. The molecule has 0 fully saturated rings. The molecule has 2 aromatic rings. The Morgan fingerprint density at radius 3 is 2.52 bits per heavy atom. The Kier molecular flexibility index (Phi) is 5.77. The molecule has 0 spiro atoms. The second-order valence-corrected chi connectivity index (χ2v) is 5.73. The minimum absolute atomic E-state index is 0.0965. The average molecular weight is 332 g/mol. The summed E-state index contributed by atoms with van der Waals surface area (Å²) in [6, 6.07) is 14.3. The Morgan fingerprint density at radius 1 is 1.17 bits per heavy atom. The molecule has 0 aliphatic carbocycles. The summed E-state index contributed by atoms with van der Waals surface area (Å²) >= 11 is 5.79. The molecule has 1 amide bonds. The highest BCUT2D eigenvalue weighted by atomic mass is 35.5. The van der Waals surface area contributed by atoms with Crippen LogP contribution in [0.2, 0.25) is 5.02 Å². The van der Waals surface area contributed by atoms with Gasteiger partial charge in [0.05, 0.1) is 6.42 Å². The second kappa shape index (κ2) is 7.79. The lowest BCUT2D eigenvalue weighted by Gasteiger charge is -2.14. The van der Waals surface area contributed by atoms with Gasteiger partial charge in [-0.3, -0.25) is 9.59 Å². The van der Waals surface area contributed by atoms with Gasteiger partial charge in [-0.2, -0.15) is 0 Å². The van der Waals surface area contributed by atoms with Crippen molar-refractivity contribution in [2.24, 2.45) is 0 Å². The van der Waals surface area contributed by atoms with Gasteiger partial charge in [0.25, 0.3) is 5.91 Å². The van der Waals surface area contributed by atoms with Gasteiger partial charge >= 0.3 is 5.97 Å². The zero-order valence-corrected chi connectivity index (χ0v) is 13.8. The maximum atomic E-state index is 12.1. The molecule has 23 heavy (non-hydrogen) atoms. The summed E-state index contributed by atoms with van der Waals surface area (Å²) < 4.78 is 5.16. The smallest absolute Gasteiger partial charge is 0.311 e. The topological polar surface area (TPSA) is 55.4 Å². The van der Waals surface area contributed by atoms with Crippen LogP contribution in [0.5, 0.6) is 0 Å². The Bertz CT molecular complexity index is 698. The van der Waals surface area contributed by atoms with Crippen LogP contribution < -0.4 is 5.32 Å². The zero-order valence-electron chi connectivity index (χ0n) is 13.0. The molecule has 0 aliphatic rings. The number of esters is 1. The highest BCUT2D eigenvalue weighted by molar-refractivity contribution is 6.30. The average Bonchev–Trinajstić information content (AvgIpc) is 2.49. The van der Waals surface area contributed by atoms with Gasteiger partial charge in [-0.05, 0) is 49.2 Å². The normalized spacial score (nSPS) is 11.6. The van der Waals surface area contributed by atoms with Crippen molar-refractivity contribution < 1.29 is 14.3 Å². The van der Waals surface area contributed by atoms with E-state index in [1.165, 1.54) is 0 Å². The van der Waals surface area contributed by atoms with Gasteiger partial charge in [0, 0.05) is 10.7 Å². The molecule has 2 aromatic carbocycles. The van der Waals surface area contributed by atoms with Crippen LogP contribution in [0.1, 0.15) is 18.1 Å². The SMILES string of the molecule is Cc1cccc(NC(=O)[C@H](C)OC(=O)Cc2ccc(Cl)cc2)c1. The lowest BCUT2D eigenvalue weighted by Crippen LogP contribution is -2.30. The number of carbonyl (C=O) groups is 2. The molecule has 5 heteroatoms. The third-order valence-electron chi connectivity index (χ3n) is 3.22. The molecule has 0 heterocycles. The lowest BCUT2D eigenvalue weighted by atomic mass is 10.1. The van der Waals surface area contributed by atoms with Crippen LogP contribution in [0.4, 0.5) is 5.69 Å². The molecule has 0 bridgehead atoms. The number of halogens is 1. The third-order valence-corrected chi connectivity index (χ3v) is 3.48. The van der Waals surface area contributed by atoms with Gasteiger partial charge in [-0.1, -0.05) is 35.9 Å². The number of hydrogen-bond acceptors (Lipinski definition) is 3. The van der Waals surface area contributed by atoms with E-state index >= 15 is 0 Å². The molecule has 120 valence electrons. The number of anilines is 1. The van der Waals surface area contributed by atoms with Crippen molar-refractivity contribution in [3.63, 3.8) is 0 Å². The highest BCUT2D eigenvalue weighted by Crippen LogP contribution is 2.12. The minimum Gasteiger partial charge on any atom is -0.452 e. The third kappa shape index (κ3) is 5.42. The standard InChI is InChI=1S/C18H18ClNO3/c1-12-4-3-5-16(10-12)20-18(22)13(2)23-17(21)11-14-6-8-15(19)9-7-14/h3-10,13H,11H2,1-2H3,(H,20,22)/t13-/m0/s1. The fraction of sp³-hybridized carbons (Fsp3) is 0.222. The molecule has 0 aliphatic heterocycles. The molecule has 4 nitrogen and oxygen atoms in total. The van der Waals surface area contributed by atoms with E-state index in [4.69, 9.17) is 16.3 Å². The first-order valence-corrected chi connectivity index (χ1v) is 7.63. The predicted molar refractivity (Wildman–Crippen MR) is 90.5 cm³/mol. The van der Waals surface area contributed by atoms with E-state index in [0.29, 0.717) is 10.7 Å². The van der Waals surface area contributed by atoms with Crippen molar-refractivity contribution in [1.29, 1.82) is 0 Å². The van der Waals surface area contributed by atoms with Crippen molar-refractivity contribution >= 4 is 29.2 Å². The molecule has 0 saturated heterocycles. The monoisotopic (exact) mass is 331 g/mol. The van der Waals surface area contributed by atoms with Gasteiger partial charge < -0.3 is 10.1 Å². The fourth-order valence-corrected chi connectivity index (χ4v) is 2.15. The Hall–Kier alpha value is -2.33. The Labute approximate surface area is 140 Å². The quantitative estimate of drug-likeness (QED) is 0.849. The largest absolute Gasteiger partial charge is 0.452 e. The summed E-state index contributed by atoms with van der Waals surface area (Å²) in [5.74, 6) is -0.820. The van der Waals surface area contributed by atoms with Crippen LogP contribution in [0.15, 0.2) is 48.5 Å². The number of nitrogens with one attached hydrogen (secondary N) is 1. The van der Waals surface area contributed by atoms with E-state index in [1.54, 1.807) is 37.3 Å². The molecule has 0 saturated carbocycles. The number of ether oxygens (including phenoxy) is 1. The molecule has 1 N–H and O–H groups in total. The van der Waals surface area contributed by atoms with Gasteiger partial charge in [-0.25, -0.2) is 0 Å². The number of rotatable bonds is 5. The van der Waals surface area contributed by atoms with Crippen LogP contribution in [0.25, 0.3) is 0 Å². The van der Waals surface area contributed by atoms with Crippen molar-refractivity contribution in [2.45, 2.75) is 26.4 Å². The number of aryl methyl sites for hydroxylation is 1. The van der Waals surface area contributed by atoms with Crippen molar-refractivity contribution in [3.05, 3.63) is 64.7 Å². The van der Waals surface area contributed by atoms with E-state index in [1.807, 2.05) is 25.1 Å². The summed E-state index contributed by atoms with van der Waals surface area (Å²) in [7, 11) is 0. The van der Waals surface area contributed by atoms with E-state index in [9.17, 15) is 9.59 Å². The van der Waals surface area contributed by atoms with Crippen LogP contribution in [0.3, 0.4) is 0 Å². The molecule has 1 atom stereocenters. The number of benzene rings is 2. The summed E-state index contributed by atoms with van der Waals surface area (Å²) in [5.41, 5.74) is 2.50. The molecular formula is C18H18ClNO3. The number of hydrogen-bond donors (Lipinski definition) is 1. The van der Waals surface area contributed by atoms with Crippen LogP contribution in [-0.4, -0.2) is 18.0 Å². The molecule has 2 rings (SSSR count). The first-order valence-electron chi connectivity index (χ1n) is 7.25. The Balaban J connectivity index is 1.87. The van der Waals surface area contributed by atoms with Gasteiger partial charge in [0.1, 0.15) is 0 Å². The predicted octanol–water partition coefficient (Wildman–Crippen LogP) is 3.76. The van der Waals surface area contributed by atoms with Crippen LogP contribution >= 0.6 is 11.6 Å². The maximum Gasteiger partial charge on any atom is 0.311 e. The van der Waals surface area contributed by atoms with Crippen LogP contribution in [0, 0.1) is 6.92 Å². The fourth-order valence-electron chi connectivity index (χ4n) is 2.03. The highest BCUT2D eigenvalue weighted by Gasteiger charge is 2.18. The minimum atomic E-state index is -0.865. The van der Waals surface area contributed by atoms with Gasteiger partial charge in [0.2, 0.25) is 0 Å². The van der Waals surface area contributed by atoms with E-state index in [2.05, 4.69) is 5.32 Å². The lowest BCUT2D eigenvalue weighted by molar-refractivity contribution is -0.152. The second-order valence-electron chi connectivity index (χ2n) is 5.29. The molecule has 0 radical (unpaired) electrons. The Morgan fingerprint density at radius 2 is 1.87 bits per heavy atom. The zero-order chi connectivity index (χ0) is 16.8. The summed E-state index contributed by atoms with van der Waals surface area (Å²) in [6.07, 6.45) is -0.769. The first kappa shape index (κ1) is 17.0. The van der Waals surface area contributed by atoms with Crippen LogP contribution in [-0.2, 0) is 20.7 Å². The first-order chi connectivity index (χ1) is 10.9. The molecular weight excluding hydrogens is 314 g/mol. The van der Waals surface area contributed by atoms with Crippen molar-refractivity contribution in [2.75, 3.05) is 5.32 Å². The summed E-state index contributed by atoms with van der Waals surface area (Å²) in [4.78, 5) is 23.9. The van der Waals surface area contributed by atoms with E-state index in [-0.39, 0.29) is 12.3 Å². The molecule has 0 unspecified atom stereocenters. The van der Waals surface area contributed by atoms with Gasteiger partial charge in [-0.15, -0.1) is 0 Å².